The molecule has 2 aromatic rings. The van der Waals surface area contributed by atoms with Crippen molar-refractivity contribution in [3.05, 3.63) is 35.2 Å². The number of benzene rings is 1. The molecule has 0 aliphatic carbocycles. The number of aryl methyl sites for hydroxylation is 2. The van der Waals surface area contributed by atoms with Crippen molar-refractivity contribution in [2.45, 2.75) is 26.8 Å². The monoisotopic (exact) mass is 231 g/mol. The van der Waals surface area contributed by atoms with Crippen LogP contribution in [0.15, 0.2) is 22.6 Å². The smallest absolute Gasteiger partial charge is 0.248 e. The van der Waals surface area contributed by atoms with Gasteiger partial charge in [-0.3, -0.25) is 0 Å². The van der Waals surface area contributed by atoms with E-state index >= 15 is 0 Å². The summed E-state index contributed by atoms with van der Waals surface area (Å²) in [6.07, 6.45) is 0. The van der Waals surface area contributed by atoms with Gasteiger partial charge in [0.05, 0.1) is 6.04 Å². The summed E-state index contributed by atoms with van der Waals surface area (Å²) >= 11 is 0. The maximum Gasteiger partial charge on any atom is 0.248 e. The molecule has 0 aliphatic heterocycles. The molecule has 0 aliphatic rings. The summed E-state index contributed by atoms with van der Waals surface area (Å²) in [5.74, 6) is 1.20. The highest BCUT2D eigenvalue weighted by Crippen LogP contribution is 2.24. The van der Waals surface area contributed by atoms with Gasteiger partial charge in [0.2, 0.25) is 11.8 Å². The van der Waals surface area contributed by atoms with Gasteiger partial charge in [-0.2, -0.15) is 0 Å². The molecular formula is C13H17N3O. The second-order valence-electron chi connectivity index (χ2n) is 4.27. The molecule has 0 bridgehead atoms. The lowest BCUT2D eigenvalue weighted by atomic mass is 10.1. The highest BCUT2D eigenvalue weighted by molar-refractivity contribution is 5.58. The van der Waals surface area contributed by atoms with Gasteiger partial charge in [0.25, 0.3) is 0 Å². The molecule has 2 rings (SSSR count). The highest BCUT2D eigenvalue weighted by Gasteiger charge is 2.14. The number of aromatic nitrogens is 2. The Hall–Kier alpha value is -1.68. The van der Waals surface area contributed by atoms with E-state index in [-0.39, 0.29) is 6.04 Å². The Morgan fingerprint density at radius 2 is 2.00 bits per heavy atom. The predicted molar refractivity (Wildman–Crippen MR) is 66.7 cm³/mol. The number of nitrogens with zero attached hydrogens (tertiary/aromatic N) is 2. The standard InChI is InChI=1S/C13H17N3O/c1-8-5-6-11(9(2)7-8)13-16-15-12(17-13)10(3)14-4/h5-7,10,14H,1-4H3. The number of hydrogen-bond donors (Lipinski definition) is 1. The zero-order valence-electron chi connectivity index (χ0n) is 10.6. The molecular weight excluding hydrogens is 214 g/mol. The SMILES string of the molecule is CNC(C)c1nnc(-c2ccc(C)cc2C)o1. The first kappa shape index (κ1) is 11.8. The summed E-state index contributed by atoms with van der Waals surface area (Å²) in [4.78, 5) is 0. The van der Waals surface area contributed by atoms with E-state index < -0.39 is 0 Å². The molecule has 4 heteroatoms. The van der Waals surface area contributed by atoms with E-state index in [1.807, 2.05) is 33.0 Å². The maximum absolute atomic E-state index is 5.66. The molecule has 90 valence electrons. The largest absolute Gasteiger partial charge is 0.419 e. The van der Waals surface area contributed by atoms with Crippen molar-refractivity contribution in [1.29, 1.82) is 0 Å². The molecule has 4 nitrogen and oxygen atoms in total. The first-order valence-electron chi connectivity index (χ1n) is 5.70. The summed E-state index contributed by atoms with van der Waals surface area (Å²) in [6.45, 7) is 6.10. The summed E-state index contributed by atoms with van der Waals surface area (Å²) in [5, 5.41) is 11.2. The van der Waals surface area contributed by atoms with Crippen LogP contribution in [0.2, 0.25) is 0 Å². The van der Waals surface area contributed by atoms with Crippen LogP contribution in [0.5, 0.6) is 0 Å². The van der Waals surface area contributed by atoms with Crippen LogP contribution in [0.25, 0.3) is 11.5 Å². The molecule has 1 heterocycles. The number of nitrogens with one attached hydrogen (secondary N) is 1. The Labute approximate surface area is 101 Å². The minimum atomic E-state index is 0.0713. The molecule has 1 aromatic carbocycles. The zero-order chi connectivity index (χ0) is 12.4. The lowest BCUT2D eigenvalue weighted by molar-refractivity contribution is 0.441. The van der Waals surface area contributed by atoms with Crippen LogP contribution in [0.4, 0.5) is 0 Å². The second kappa shape index (κ2) is 4.67. The molecule has 1 unspecified atom stereocenters. The minimum absolute atomic E-state index is 0.0713. The van der Waals surface area contributed by atoms with Crippen molar-refractivity contribution in [2.75, 3.05) is 7.05 Å². The normalized spacial score (nSPS) is 12.7. The minimum Gasteiger partial charge on any atom is -0.419 e. The van der Waals surface area contributed by atoms with Crippen LogP contribution in [0.3, 0.4) is 0 Å². The second-order valence-corrected chi connectivity index (χ2v) is 4.27. The van der Waals surface area contributed by atoms with Crippen LogP contribution < -0.4 is 5.32 Å². The van der Waals surface area contributed by atoms with Gasteiger partial charge in [-0.1, -0.05) is 17.7 Å². The Kier molecular flexibility index (Phi) is 3.24. The Balaban J connectivity index is 2.37. The molecule has 1 atom stereocenters. The van der Waals surface area contributed by atoms with Crippen molar-refractivity contribution >= 4 is 0 Å². The lowest BCUT2D eigenvalue weighted by Crippen LogP contribution is -2.12. The van der Waals surface area contributed by atoms with Gasteiger partial charge in [0.15, 0.2) is 0 Å². The molecule has 0 fully saturated rings. The van der Waals surface area contributed by atoms with Crippen molar-refractivity contribution < 1.29 is 4.42 Å². The van der Waals surface area contributed by atoms with E-state index in [0.29, 0.717) is 11.8 Å². The Morgan fingerprint density at radius 1 is 1.24 bits per heavy atom. The van der Waals surface area contributed by atoms with Crippen LogP contribution >= 0.6 is 0 Å². The molecule has 17 heavy (non-hydrogen) atoms. The number of hydrogen-bond acceptors (Lipinski definition) is 4. The van der Waals surface area contributed by atoms with Gasteiger partial charge in [-0.25, -0.2) is 0 Å². The molecule has 0 radical (unpaired) electrons. The van der Waals surface area contributed by atoms with Gasteiger partial charge in [0.1, 0.15) is 0 Å². The summed E-state index contributed by atoms with van der Waals surface area (Å²) in [5.41, 5.74) is 3.38. The van der Waals surface area contributed by atoms with Crippen LogP contribution in [-0.4, -0.2) is 17.2 Å². The highest BCUT2D eigenvalue weighted by atomic mass is 16.4. The van der Waals surface area contributed by atoms with Crippen molar-refractivity contribution in [3.8, 4) is 11.5 Å². The molecule has 0 amide bonds. The zero-order valence-corrected chi connectivity index (χ0v) is 10.6. The van der Waals surface area contributed by atoms with E-state index in [0.717, 1.165) is 11.1 Å². The van der Waals surface area contributed by atoms with Gasteiger partial charge in [0, 0.05) is 5.56 Å². The topological polar surface area (TPSA) is 51.0 Å². The lowest BCUT2D eigenvalue weighted by Gasteiger charge is -2.04. The Bertz CT molecular complexity index is 519. The number of rotatable bonds is 3. The summed E-state index contributed by atoms with van der Waals surface area (Å²) in [7, 11) is 1.87. The quantitative estimate of drug-likeness (QED) is 0.882. The fourth-order valence-electron chi connectivity index (χ4n) is 1.70. The van der Waals surface area contributed by atoms with E-state index in [1.54, 1.807) is 0 Å². The fourth-order valence-corrected chi connectivity index (χ4v) is 1.70. The third-order valence-corrected chi connectivity index (χ3v) is 2.86. The first-order chi connectivity index (χ1) is 8.11. The predicted octanol–water partition coefficient (Wildman–Crippen LogP) is 2.63. The van der Waals surface area contributed by atoms with E-state index in [4.69, 9.17) is 4.42 Å². The molecule has 0 spiro atoms. The van der Waals surface area contributed by atoms with Gasteiger partial charge in [-0.05, 0) is 39.4 Å². The van der Waals surface area contributed by atoms with Crippen LogP contribution in [0, 0.1) is 13.8 Å². The van der Waals surface area contributed by atoms with Crippen molar-refractivity contribution in [3.63, 3.8) is 0 Å². The molecule has 0 saturated heterocycles. The maximum atomic E-state index is 5.66. The molecule has 1 N–H and O–H groups in total. The molecule has 1 aromatic heterocycles. The first-order valence-corrected chi connectivity index (χ1v) is 5.70. The summed E-state index contributed by atoms with van der Waals surface area (Å²) < 4.78 is 5.66. The average molecular weight is 231 g/mol. The fraction of sp³-hybridized carbons (Fsp3) is 0.385. The van der Waals surface area contributed by atoms with Gasteiger partial charge >= 0.3 is 0 Å². The van der Waals surface area contributed by atoms with E-state index in [9.17, 15) is 0 Å². The molecule has 0 saturated carbocycles. The average Bonchev–Trinajstić information content (AvgIpc) is 2.77. The Morgan fingerprint density at radius 3 is 2.65 bits per heavy atom. The third kappa shape index (κ3) is 2.36. The van der Waals surface area contributed by atoms with Gasteiger partial charge in [-0.15, -0.1) is 10.2 Å². The van der Waals surface area contributed by atoms with Crippen LogP contribution in [-0.2, 0) is 0 Å². The van der Waals surface area contributed by atoms with E-state index in [2.05, 4.69) is 28.5 Å². The summed E-state index contributed by atoms with van der Waals surface area (Å²) in [6, 6.07) is 6.25. The van der Waals surface area contributed by atoms with Gasteiger partial charge < -0.3 is 9.73 Å². The third-order valence-electron chi connectivity index (χ3n) is 2.86. The van der Waals surface area contributed by atoms with Crippen molar-refractivity contribution in [1.82, 2.24) is 15.5 Å². The van der Waals surface area contributed by atoms with E-state index in [1.165, 1.54) is 5.56 Å². The van der Waals surface area contributed by atoms with Crippen LogP contribution in [0.1, 0.15) is 30.0 Å². The van der Waals surface area contributed by atoms with Crippen molar-refractivity contribution in [2.24, 2.45) is 0 Å².